The molecule has 1 saturated heterocycles. The normalized spacial score (nSPS) is 19.8. The van der Waals surface area contributed by atoms with E-state index in [0.717, 1.165) is 5.75 Å². The minimum absolute atomic E-state index is 0.00338. The highest BCUT2D eigenvalue weighted by molar-refractivity contribution is 7.99. The maximum Gasteiger partial charge on any atom is 0.305 e. The lowest BCUT2D eigenvalue weighted by Gasteiger charge is -2.34. The number of rotatable bonds is 3. The highest BCUT2D eigenvalue weighted by Gasteiger charge is 2.30. The standard InChI is InChI=1S/C11H15N3O3S/c1-13-9(2-3-12-13)11(17)14-4-5-18-7-8(14)6-10(15)16/h2-3,8H,4-7H2,1H3,(H,15,16). The van der Waals surface area contributed by atoms with E-state index in [9.17, 15) is 9.59 Å². The molecule has 18 heavy (non-hydrogen) atoms. The number of thioether (sulfide) groups is 1. The molecule has 0 aliphatic carbocycles. The SMILES string of the molecule is Cn1nccc1C(=O)N1CCSCC1CC(=O)O. The van der Waals surface area contributed by atoms with Crippen LogP contribution in [0.3, 0.4) is 0 Å². The molecule has 1 amide bonds. The molecule has 7 heteroatoms. The molecule has 1 N–H and O–H groups in total. The summed E-state index contributed by atoms with van der Waals surface area (Å²) in [5, 5.41) is 12.9. The summed E-state index contributed by atoms with van der Waals surface area (Å²) in [5.41, 5.74) is 0.497. The zero-order chi connectivity index (χ0) is 13.1. The largest absolute Gasteiger partial charge is 0.481 e. The van der Waals surface area contributed by atoms with Crippen LogP contribution in [0.25, 0.3) is 0 Å². The van der Waals surface area contributed by atoms with Gasteiger partial charge < -0.3 is 10.0 Å². The second-order valence-electron chi connectivity index (χ2n) is 4.17. The van der Waals surface area contributed by atoms with E-state index >= 15 is 0 Å². The molecule has 2 rings (SSSR count). The van der Waals surface area contributed by atoms with E-state index < -0.39 is 5.97 Å². The highest BCUT2D eigenvalue weighted by Crippen LogP contribution is 2.21. The summed E-state index contributed by atoms with van der Waals surface area (Å²) in [7, 11) is 1.71. The molecule has 1 aliphatic rings. The van der Waals surface area contributed by atoms with Crippen LogP contribution in [-0.2, 0) is 11.8 Å². The van der Waals surface area contributed by atoms with Gasteiger partial charge in [-0.1, -0.05) is 0 Å². The smallest absolute Gasteiger partial charge is 0.305 e. The number of hydrogen-bond acceptors (Lipinski definition) is 4. The van der Waals surface area contributed by atoms with Crippen molar-refractivity contribution in [1.82, 2.24) is 14.7 Å². The van der Waals surface area contributed by atoms with Gasteiger partial charge in [0.2, 0.25) is 0 Å². The number of amides is 1. The molecule has 98 valence electrons. The Hall–Kier alpha value is -1.50. The van der Waals surface area contributed by atoms with Gasteiger partial charge in [0, 0.05) is 31.3 Å². The summed E-state index contributed by atoms with van der Waals surface area (Å²) in [5.74, 6) is 0.516. The number of hydrogen-bond donors (Lipinski definition) is 1. The van der Waals surface area contributed by atoms with Gasteiger partial charge in [0.15, 0.2) is 0 Å². The molecule has 1 aromatic rings. The lowest BCUT2D eigenvalue weighted by Crippen LogP contribution is -2.47. The van der Waals surface area contributed by atoms with Crippen molar-refractivity contribution >= 4 is 23.6 Å². The van der Waals surface area contributed by atoms with E-state index in [1.165, 1.54) is 4.68 Å². The first-order valence-electron chi connectivity index (χ1n) is 5.68. The van der Waals surface area contributed by atoms with Crippen LogP contribution in [0.1, 0.15) is 16.9 Å². The van der Waals surface area contributed by atoms with Gasteiger partial charge in [-0.25, -0.2) is 0 Å². The minimum Gasteiger partial charge on any atom is -0.481 e. The van der Waals surface area contributed by atoms with Gasteiger partial charge in [-0.15, -0.1) is 0 Å². The summed E-state index contributed by atoms with van der Waals surface area (Å²) in [6.07, 6.45) is 1.56. The maximum absolute atomic E-state index is 12.3. The third-order valence-electron chi connectivity index (χ3n) is 2.94. The first-order chi connectivity index (χ1) is 8.59. The van der Waals surface area contributed by atoms with Crippen LogP contribution in [0.5, 0.6) is 0 Å². The topological polar surface area (TPSA) is 75.4 Å². The zero-order valence-electron chi connectivity index (χ0n) is 10.1. The highest BCUT2D eigenvalue weighted by atomic mass is 32.2. The number of aromatic nitrogens is 2. The van der Waals surface area contributed by atoms with Crippen LogP contribution >= 0.6 is 11.8 Å². The first kappa shape index (κ1) is 12.9. The van der Waals surface area contributed by atoms with Crippen molar-refractivity contribution in [2.24, 2.45) is 7.05 Å². The van der Waals surface area contributed by atoms with Crippen molar-refractivity contribution in [3.63, 3.8) is 0 Å². The van der Waals surface area contributed by atoms with Gasteiger partial charge >= 0.3 is 5.97 Å². The number of nitrogens with zero attached hydrogens (tertiary/aromatic N) is 3. The monoisotopic (exact) mass is 269 g/mol. The van der Waals surface area contributed by atoms with Crippen molar-refractivity contribution in [3.8, 4) is 0 Å². The Balaban J connectivity index is 2.16. The lowest BCUT2D eigenvalue weighted by molar-refractivity contribution is -0.138. The Labute approximate surface area is 109 Å². The fourth-order valence-corrected chi connectivity index (χ4v) is 3.09. The molecular formula is C11H15N3O3S. The molecule has 1 fully saturated rings. The van der Waals surface area contributed by atoms with E-state index in [1.807, 2.05) is 0 Å². The summed E-state index contributed by atoms with van der Waals surface area (Å²) in [6, 6.07) is 1.42. The van der Waals surface area contributed by atoms with Crippen LogP contribution < -0.4 is 0 Å². The molecule has 0 spiro atoms. The predicted molar refractivity (Wildman–Crippen MR) is 67.6 cm³/mol. The van der Waals surface area contributed by atoms with E-state index in [-0.39, 0.29) is 18.4 Å². The van der Waals surface area contributed by atoms with Gasteiger partial charge in [0.1, 0.15) is 5.69 Å². The summed E-state index contributed by atoms with van der Waals surface area (Å²) < 4.78 is 1.52. The molecule has 1 atom stereocenters. The van der Waals surface area contributed by atoms with Crippen LogP contribution in [-0.4, -0.2) is 55.8 Å². The molecule has 0 saturated carbocycles. The Morgan fingerprint density at radius 2 is 2.39 bits per heavy atom. The predicted octanol–water partition coefficient (Wildman–Crippen LogP) is 0.452. The molecular weight excluding hydrogens is 254 g/mol. The Morgan fingerprint density at radius 1 is 1.61 bits per heavy atom. The maximum atomic E-state index is 12.3. The second-order valence-corrected chi connectivity index (χ2v) is 5.32. The average molecular weight is 269 g/mol. The second kappa shape index (κ2) is 5.43. The zero-order valence-corrected chi connectivity index (χ0v) is 10.9. The van der Waals surface area contributed by atoms with Crippen molar-refractivity contribution in [2.75, 3.05) is 18.1 Å². The first-order valence-corrected chi connectivity index (χ1v) is 6.83. The Bertz CT molecular complexity index is 460. The van der Waals surface area contributed by atoms with Crippen molar-refractivity contribution in [3.05, 3.63) is 18.0 Å². The van der Waals surface area contributed by atoms with Crippen LogP contribution in [0.2, 0.25) is 0 Å². The van der Waals surface area contributed by atoms with Crippen LogP contribution in [0.15, 0.2) is 12.3 Å². The molecule has 1 aliphatic heterocycles. The van der Waals surface area contributed by atoms with Crippen molar-refractivity contribution < 1.29 is 14.7 Å². The summed E-state index contributed by atoms with van der Waals surface area (Å²) in [6.45, 7) is 0.590. The van der Waals surface area contributed by atoms with Gasteiger partial charge in [-0.2, -0.15) is 16.9 Å². The molecule has 0 aromatic carbocycles. The van der Waals surface area contributed by atoms with E-state index in [2.05, 4.69) is 5.10 Å². The average Bonchev–Trinajstić information content (AvgIpc) is 2.74. The number of aliphatic carboxylic acids is 1. The molecule has 1 unspecified atom stereocenters. The van der Waals surface area contributed by atoms with E-state index in [1.54, 1.807) is 36.0 Å². The van der Waals surface area contributed by atoms with Crippen LogP contribution in [0.4, 0.5) is 0 Å². The number of aryl methyl sites for hydroxylation is 1. The molecule has 0 bridgehead atoms. The third kappa shape index (κ3) is 2.66. The summed E-state index contributed by atoms with van der Waals surface area (Å²) >= 11 is 1.69. The number of carbonyl (C=O) groups is 2. The van der Waals surface area contributed by atoms with Gasteiger partial charge in [-0.3, -0.25) is 14.3 Å². The Morgan fingerprint density at radius 3 is 3.00 bits per heavy atom. The van der Waals surface area contributed by atoms with E-state index in [0.29, 0.717) is 18.0 Å². The van der Waals surface area contributed by atoms with Crippen molar-refractivity contribution in [1.29, 1.82) is 0 Å². The van der Waals surface area contributed by atoms with Crippen molar-refractivity contribution in [2.45, 2.75) is 12.5 Å². The Kier molecular flexibility index (Phi) is 3.90. The minimum atomic E-state index is -0.870. The number of carbonyl (C=O) groups excluding carboxylic acids is 1. The molecule has 1 aromatic heterocycles. The van der Waals surface area contributed by atoms with Gasteiger partial charge in [0.05, 0.1) is 12.5 Å². The van der Waals surface area contributed by atoms with Gasteiger partial charge in [0.25, 0.3) is 5.91 Å². The van der Waals surface area contributed by atoms with Gasteiger partial charge in [-0.05, 0) is 6.07 Å². The molecule has 0 radical (unpaired) electrons. The quantitative estimate of drug-likeness (QED) is 0.862. The lowest BCUT2D eigenvalue weighted by atomic mass is 10.2. The third-order valence-corrected chi connectivity index (χ3v) is 4.03. The number of carboxylic acids is 1. The fourth-order valence-electron chi connectivity index (χ4n) is 2.02. The fraction of sp³-hybridized carbons (Fsp3) is 0.545. The summed E-state index contributed by atoms with van der Waals surface area (Å²) in [4.78, 5) is 24.8. The molecule has 2 heterocycles. The van der Waals surface area contributed by atoms with Crippen LogP contribution in [0, 0.1) is 0 Å². The van der Waals surface area contributed by atoms with E-state index in [4.69, 9.17) is 5.11 Å². The molecule has 6 nitrogen and oxygen atoms in total. The number of carboxylic acid groups (broad SMARTS) is 1.